The van der Waals surface area contributed by atoms with Crippen molar-refractivity contribution in [1.82, 2.24) is 14.8 Å². The average Bonchev–Trinajstić information content (AvgIpc) is 3.44. The van der Waals surface area contributed by atoms with E-state index in [1.807, 2.05) is 35.7 Å². The largest absolute Gasteiger partial charge is 0.325 e. The molecule has 0 atom stereocenters. The summed E-state index contributed by atoms with van der Waals surface area (Å²) in [5.41, 5.74) is 1.84. The first-order valence-electron chi connectivity index (χ1n) is 9.49. The van der Waals surface area contributed by atoms with Crippen LogP contribution in [0.4, 0.5) is 5.69 Å². The zero-order valence-corrected chi connectivity index (χ0v) is 19.4. The fourth-order valence-electron chi connectivity index (χ4n) is 2.97. The SMILES string of the molecule is O=C(CSc1nnc(-c2cccs2)n1CCc1ccccc1)Nc1ccc(Cl)c(Cl)c1. The Hall–Kier alpha value is -2.32. The van der Waals surface area contributed by atoms with Crippen LogP contribution in [0.2, 0.25) is 10.0 Å². The molecule has 31 heavy (non-hydrogen) atoms. The van der Waals surface area contributed by atoms with E-state index in [1.165, 1.54) is 17.3 Å². The lowest BCUT2D eigenvalue weighted by atomic mass is 10.1. The average molecular weight is 489 g/mol. The van der Waals surface area contributed by atoms with E-state index in [-0.39, 0.29) is 11.7 Å². The van der Waals surface area contributed by atoms with Crippen LogP contribution < -0.4 is 5.32 Å². The van der Waals surface area contributed by atoms with Gasteiger partial charge in [0, 0.05) is 12.2 Å². The van der Waals surface area contributed by atoms with Gasteiger partial charge in [0.25, 0.3) is 0 Å². The predicted octanol–water partition coefficient (Wildman–Crippen LogP) is 6.29. The number of carbonyl (C=O) groups is 1. The highest BCUT2D eigenvalue weighted by molar-refractivity contribution is 7.99. The van der Waals surface area contributed by atoms with Crippen molar-refractivity contribution >= 4 is 57.9 Å². The summed E-state index contributed by atoms with van der Waals surface area (Å²) in [4.78, 5) is 13.5. The van der Waals surface area contributed by atoms with E-state index in [9.17, 15) is 4.79 Å². The zero-order chi connectivity index (χ0) is 21.6. The molecule has 0 spiro atoms. The number of hydrogen-bond donors (Lipinski definition) is 1. The molecule has 9 heteroatoms. The Balaban J connectivity index is 1.46. The molecule has 2 heterocycles. The third-order valence-corrected chi connectivity index (χ3v) is 7.03. The highest BCUT2D eigenvalue weighted by Gasteiger charge is 2.16. The minimum atomic E-state index is -0.154. The van der Waals surface area contributed by atoms with Gasteiger partial charge in [0.15, 0.2) is 11.0 Å². The fourth-order valence-corrected chi connectivity index (χ4v) is 4.75. The number of benzene rings is 2. The maximum absolute atomic E-state index is 12.4. The lowest BCUT2D eigenvalue weighted by Crippen LogP contribution is -2.15. The number of carbonyl (C=O) groups excluding carboxylic acids is 1. The Kier molecular flexibility index (Phi) is 7.29. The Morgan fingerprint density at radius 2 is 1.87 bits per heavy atom. The second-order valence-electron chi connectivity index (χ2n) is 6.64. The molecule has 5 nitrogen and oxygen atoms in total. The number of thioether (sulfide) groups is 1. The smallest absolute Gasteiger partial charge is 0.234 e. The van der Waals surface area contributed by atoms with E-state index in [0.29, 0.717) is 20.9 Å². The molecule has 0 unspecified atom stereocenters. The van der Waals surface area contributed by atoms with Crippen LogP contribution in [-0.2, 0) is 17.8 Å². The van der Waals surface area contributed by atoms with Gasteiger partial charge < -0.3 is 9.88 Å². The predicted molar refractivity (Wildman–Crippen MR) is 129 cm³/mol. The minimum Gasteiger partial charge on any atom is -0.325 e. The molecule has 0 fully saturated rings. The quantitative estimate of drug-likeness (QED) is 0.296. The second kappa shape index (κ2) is 10.3. The fraction of sp³-hybridized carbons (Fsp3) is 0.136. The summed E-state index contributed by atoms with van der Waals surface area (Å²) in [7, 11) is 0. The van der Waals surface area contributed by atoms with E-state index in [4.69, 9.17) is 23.2 Å². The summed E-state index contributed by atoms with van der Waals surface area (Å²) in [5.74, 6) is 0.866. The van der Waals surface area contributed by atoms with Crippen LogP contribution >= 0.6 is 46.3 Å². The Labute approximate surface area is 198 Å². The molecular weight excluding hydrogens is 471 g/mol. The third-order valence-electron chi connectivity index (χ3n) is 4.46. The number of aromatic nitrogens is 3. The second-order valence-corrected chi connectivity index (χ2v) is 9.34. The Morgan fingerprint density at radius 3 is 2.61 bits per heavy atom. The summed E-state index contributed by atoms with van der Waals surface area (Å²) in [6.07, 6.45) is 0.848. The van der Waals surface area contributed by atoms with Gasteiger partial charge in [-0.2, -0.15) is 0 Å². The topological polar surface area (TPSA) is 59.8 Å². The molecule has 0 radical (unpaired) electrons. The number of rotatable bonds is 8. The van der Waals surface area contributed by atoms with Gasteiger partial charge in [-0.1, -0.05) is 71.4 Å². The lowest BCUT2D eigenvalue weighted by Gasteiger charge is -2.10. The van der Waals surface area contributed by atoms with Crippen molar-refractivity contribution in [3.05, 3.63) is 81.7 Å². The molecular formula is C22H18Cl2N4OS2. The minimum absolute atomic E-state index is 0.154. The van der Waals surface area contributed by atoms with Crippen molar-refractivity contribution in [1.29, 1.82) is 0 Å². The van der Waals surface area contributed by atoms with E-state index in [0.717, 1.165) is 23.7 Å². The molecule has 0 saturated carbocycles. The lowest BCUT2D eigenvalue weighted by molar-refractivity contribution is -0.113. The number of aryl methyl sites for hydroxylation is 1. The maximum atomic E-state index is 12.4. The molecule has 0 aliphatic heterocycles. The molecule has 0 aliphatic rings. The highest BCUT2D eigenvalue weighted by Crippen LogP contribution is 2.28. The first-order valence-corrected chi connectivity index (χ1v) is 12.1. The molecule has 4 rings (SSSR count). The molecule has 158 valence electrons. The van der Waals surface area contributed by atoms with Crippen molar-refractivity contribution in [3.63, 3.8) is 0 Å². The summed E-state index contributed by atoms with van der Waals surface area (Å²) < 4.78 is 2.08. The molecule has 4 aromatic rings. The molecule has 0 aliphatic carbocycles. The van der Waals surface area contributed by atoms with Gasteiger partial charge in [0.05, 0.1) is 20.7 Å². The van der Waals surface area contributed by atoms with Gasteiger partial charge in [-0.15, -0.1) is 21.5 Å². The van der Waals surface area contributed by atoms with Crippen molar-refractivity contribution in [2.24, 2.45) is 0 Å². The van der Waals surface area contributed by atoms with Gasteiger partial charge in [-0.25, -0.2) is 0 Å². The van der Waals surface area contributed by atoms with E-state index < -0.39 is 0 Å². The van der Waals surface area contributed by atoms with E-state index in [2.05, 4.69) is 32.2 Å². The van der Waals surface area contributed by atoms with Gasteiger partial charge >= 0.3 is 0 Å². The number of nitrogens with zero attached hydrogens (tertiary/aromatic N) is 3. The van der Waals surface area contributed by atoms with Crippen LogP contribution in [0.15, 0.2) is 71.2 Å². The van der Waals surface area contributed by atoms with E-state index in [1.54, 1.807) is 29.5 Å². The zero-order valence-electron chi connectivity index (χ0n) is 16.3. The van der Waals surface area contributed by atoms with Crippen LogP contribution in [-0.4, -0.2) is 26.4 Å². The van der Waals surface area contributed by atoms with E-state index >= 15 is 0 Å². The standard InChI is InChI=1S/C22H18Cl2N4OS2/c23-17-9-8-16(13-18(17)24)25-20(29)14-31-22-27-26-21(19-7-4-12-30-19)28(22)11-10-15-5-2-1-3-6-15/h1-9,12-13H,10-11,14H2,(H,25,29). The summed E-state index contributed by atoms with van der Waals surface area (Å²) in [6.45, 7) is 0.723. The molecule has 1 amide bonds. The number of amides is 1. The van der Waals surface area contributed by atoms with Crippen LogP contribution in [0.3, 0.4) is 0 Å². The number of halogens is 2. The number of hydrogen-bond acceptors (Lipinski definition) is 5. The van der Waals surface area contributed by atoms with Gasteiger partial charge in [0.1, 0.15) is 0 Å². The van der Waals surface area contributed by atoms with Crippen LogP contribution in [0, 0.1) is 0 Å². The molecule has 0 saturated heterocycles. The third kappa shape index (κ3) is 5.68. The molecule has 1 N–H and O–H groups in total. The van der Waals surface area contributed by atoms with Gasteiger partial charge in [0.2, 0.25) is 5.91 Å². The monoisotopic (exact) mass is 488 g/mol. The normalized spacial score (nSPS) is 10.9. The van der Waals surface area contributed by atoms with Gasteiger partial charge in [-0.05, 0) is 41.6 Å². The Morgan fingerprint density at radius 1 is 1.03 bits per heavy atom. The van der Waals surface area contributed by atoms with Gasteiger partial charge in [-0.3, -0.25) is 4.79 Å². The Bertz CT molecular complexity index is 1160. The number of nitrogens with one attached hydrogen (secondary N) is 1. The number of anilines is 1. The van der Waals surface area contributed by atoms with Crippen LogP contribution in [0.5, 0.6) is 0 Å². The van der Waals surface area contributed by atoms with Crippen LogP contribution in [0.1, 0.15) is 5.56 Å². The number of thiophene rings is 1. The molecule has 2 aromatic carbocycles. The van der Waals surface area contributed by atoms with Crippen molar-refractivity contribution in [2.45, 2.75) is 18.1 Å². The first kappa shape index (κ1) is 21.9. The summed E-state index contributed by atoms with van der Waals surface area (Å²) >= 11 is 14.9. The van der Waals surface area contributed by atoms with Crippen molar-refractivity contribution < 1.29 is 4.79 Å². The summed E-state index contributed by atoms with van der Waals surface area (Å²) in [5, 5.41) is 15.2. The van der Waals surface area contributed by atoms with Crippen molar-refractivity contribution in [3.8, 4) is 10.7 Å². The summed E-state index contributed by atoms with van der Waals surface area (Å²) in [6, 6.07) is 19.3. The van der Waals surface area contributed by atoms with Crippen LogP contribution in [0.25, 0.3) is 10.7 Å². The molecule has 0 bridgehead atoms. The van der Waals surface area contributed by atoms with Crippen molar-refractivity contribution in [2.75, 3.05) is 11.1 Å². The highest BCUT2D eigenvalue weighted by atomic mass is 35.5. The molecule has 2 aromatic heterocycles. The maximum Gasteiger partial charge on any atom is 0.234 e. The first-order chi connectivity index (χ1) is 15.1.